The van der Waals surface area contributed by atoms with Crippen molar-refractivity contribution in [3.8, 4) is 11.5 Å². The van der Waals surface area contributed by atoms with E-state index in [2.05, 4.69) is 5.16 Å². The third-order valence-corrected chi connectivity index (χ3v) is 3.69. The minimum Gasteiger partial charge on any atom is -0.493 e. The summed E-state index contributed by atoms with van der Waals surface area (Å²) in [6, 6.07) is 3.38. The topological polar surface area (TPSA) is 70.8 Å². The van der Waals surface area contributed by atoms with Crippen LogP contribution in [-0.2, 0) is 16.1 Å². The number of benzene rings is 1. The minimum atomic E-state index is -0.485. The van der Waals surface area contributed by atoms with Crippen LogP contribution in [0.1, 0.15) is 22.6 Å². The highest BCUT2D eigenvalue weighted by atomic mass is 35.5. The van der Waals surface area contributed by atoms with Gasteiger partial charge in [-0.3, -0.25) is 0 Å². The molecule has 128 valence electrons. The molecule has 0 saturated carbocycles. The van der Waals surface area contributed by atoms with Crippen molar-refractivity contribution in [2.24, 2.45) is 0 Å². The zero-order valence-corrected chi connectivity index (χ0v) is 14.6. The molecule has 2 aromatic rings. The monoisotopic (exact) mass is 351 g/mol. The highest BCUT2D eigenvalue weighted by Gasteiger charge is 2.12. The molecule has 2 rings (SSSR count). The van der Waals surface area contributed by atoms with Crippen molar-refractivity contribution < 1.29 is 23.5 Å². The van der Waals surface area contributed by atoms with E-state index in [1.165, 1.54) is 20.3 Å². The third kappa shape index (κ3) is 4.08. The second kappa shape index (κ2) is 7.88. The van der Waals surface area contributed by atoms with Crippen LogP contribution in [0.5, 0.6) is 11.5 Å². The summed E-state index contributed by atoms with van der Waals surface area (Å²) in [6.45, 7) is 3.67. The predicted molar refractivity (Wildman–Crippen MR) is 89.4 cm³/mol. The first-order chi connectivity index (χ1) is 11.5. The Morgan fingerprint density at radius 3 is 2.62 bits per heavy atom. The van der Waals surface area contributed by atoms with Gasteiger partial charge in [-0.05, 0) is 37.6 Å². The molecule has 6 nitrogen and oxygen atoms in total. The average molecular weight is 352 g/mol. The van der Waals surface area contributed by atoms with Crippen molar-refractivity contribution in [1.82, 2.24) is 5.16 Å². The standard InChI is InChI=1S/C17H18ClNO5/c1-10-13(11(2)24-19-10)9-23-16(20)6-5-12-7-14(18)17(22-4)15(8-12)21-3/h5-8H,9H2,1-4H3. The molecule has 0 radical (unpaired) electrons. The van der Waals surface area contributed by atoms with E-state index in [9.17, 15) is 4.79 Å². The van der Waals surface area contributed by atoms with Gasteiger partial charge in [0, 0.05) is 6.08 Å². The van der Waals surface area contributed by atoms with E-state index in [0.29, 0.717) is 33.5 Å². The number of aromatic nitrogens is 1. The highest BCUT2D eigenvalue weighted by molar-refractivity contribution is 6.32. The van der Waals surface area contributed by atoms with Crippen LogP contribution in [0.3, 0.4) is 0 Å². The van der Waals surface area contributed by atoms with E-state index < -0.39 is 5.97 Å². The Kier molecular flexibility index (Phi) is 5.87. The van der Waals surface area contributed by atoms with E-state index in [1.54, 1.807) is 32.1 Å². The maximum absolute atomic E-state index is 11.8. The summed E-state index contributed by atoms with van der Waals surface area (Å²) >= 11 is 6.12. The Bertz CT molecular complexity index is 747. The van der Waals surface area contributed by atoms with Gasteiger partial charge in [-0.25, -0.2) is 4.79 Å². The first-order valence-corrected chi connectivity index (χ1v) is 7.52. The van der Waals surface area contributed by atoms with E-state index >= 15 is 0 Å². The number of halogens is 1. The lowest BCUT2D eigenvalue weighted by molar-refractivity contribution is -0.138. The number of rotatable bonds is 6. The summed E-state index contributed by atoms with van der Waals surface area (Å²) in [7, 11) is 3.02. The van der Waals surface area contributed by atoms with Crippen molar-refractivity contribution in [3.05, 3.63) is 45.8 Å². The van der Waals surface area contributed by atoms with Gasteiger partial charge in [0.2, 0.25) is 0 Å². The smallest absolute Gasteiger partial charge is 0.331 e. The Balaban J connectivity index is 2.05. The van der Waals surface area contributed by atoms with Crippen molar-refractivity contribution in [2.45, 2.75) is 20.5 Å². The lowest BCUT2D eigenvalue weighted by Gasteiger charge is -2.10. The number of nitrogens with zero attached hydrogens (tertiary/aromatic N) is 1. The molecule has 0 saturated heterocycles. The molecule has 0 unspecified atom stereocenters. The quantitative estimate of drug-likeness (QED) is 0.583. The van der Waals surface area contributed by atoms with Crippen molar-refractivity contribution in [2.75, 3.05) is 14.2 Å². The summed E-state index contributed by atoms with van der Waals surface area (Å²) in [5.41, 5.74) is 2.16. The largest absolute Gasteiger partial charge is 0.493 e. The second-order valence-corrected chi connectivity index (χ2v) is 5.39. The summed E-state index contributed by atoms with van der Waals surface area (Å²) in [4.78, 5) is 11.8. The third-order valence-electron chi connectivity index (χ3n) is 3.41. The number of esters is 1. The summed E-state index contributed by atoms with van der Waals surface area (Å²) in [5, 5.41) is 4.20. The first kappa shape index (κ1) is 17.9. The number of ether oxygens (including phenoxy) is 3. The second-order valence-electron chi connectivity index (χ2n) is 4.98. The summed E-state index contributed by atoms with van der Waals surface area (Å²) in [5.74, 6) is 1.07. The lowest BCUT2D eigenvalue weighted by Crippen LogP contribution is -2.02. The predicted octanol–water partition coefficient (Wildman–Crippen LogP) is 3.72. The molecular weight excluding hydrogens is 334 g/mol. The molecule has 0 bridgehead atoms. The van der Waals surface area contributed by atoms with Crippen molar-refractivity contribution >= 4 is 23.6 Å². The van der Waals surface area contributed by atoms with Crippen LogP contribution in [0.25, 0.3) is 6.08 Å². The van der Waals surface area contributed by atoms with E-state index in [0.717, 1.165) is 5.56 Å². The molecule has 7 heteroatoms. The molecule has 0 aliphatic rings. The first-order valence-electron chi connectivity index (χ1n) is 7.14. The number of aryl methyl sites for hydroxylation is 2. The Hall–Kier alpha value is -2.47. The summed E-state index contributed by atoms with van der Waals surface area (Å²) < 4.78 is 20.6. The van der Waals surface area contributed by atoms with Crippen LogP contribution in [0, 0.1) is 13.8 Å². The van der Waals surface area contributed by atoms with Crippen molar-refractivity contribution in [1.29, 1.82) is 0 Å². The van der Waals surface area contributed by atoms with Crippen molar-refractivity contribution in [3.63, 3.8) is 0 Å². The van der Waals surface area contributed by atoms with E-state index in [-0.39, 0.29) is 6.61 Å². The van der Waals surface area contributed by atoms with Gasteiger partial charge in [-0.1, -0.05) is 16.8 Å². The molecular formula is C17H18ClNO5. The summed E-state index contributed by atoms with van der Waals surface area (Å²) in [6.07, 6.45) is 2.90. The Morgan fingerprint density at radius 2 is 2.04 bits per heavy atom. The average Bonchev–Trinajstić information content (AvgIpc) is 2.88. The number of carbonyl (C=O) groups is 1. The normalized spacial score (nSPS) is 10.9. The van der Waals surface area contributed by atoms with Gasteiger partial charge in [0.05, 0.1) is 30.5 Å². The van der Waals surface area contributed by atoms with Gasteiger partial charge in [0.1, 0.15) is 12.4 Å². The number of methoxy groups -OCH3 is 2. The van der Waals surface area contributed by atoms with Crippen LogP contribution in [0.15, 0.2) is 22.7 Å². The molecule has 0 aliphatic heterocycles. The van der Waals surface area contributed by atoms with E-state index in [1.807, 2.05) is 0 Å². The Labute approximate surface area is 144 Å². The molecule has 1 heterocycles. The van der Waals surface area contributed by atoms with Crippen LogP contribution in [0.4, 0.5) is 0 Å². The SMILES string of the molecule is COc1cc(C=CC(=O)OCc2c(C)noc2C)cc(Cl)c1OC. The Morgan fingerprint density at radius 1 is 1.29 bits per heavy atom. The van der Waals surface area contributed by atoms with Crippen LogP contribution in [-0.4, -0.2) is 25.3 Å². The zero-order valence-electron chi connectivity index (χ0n) is 13.9. The molecule has 0 amide bonds. The molecule has 0 spiro atoms. The number of carbonyl (C=O) groups excluding carboxylic acids is 1. The molecule has 0 aliphatic carbocycles. The van der Waals surface area contributed by atoms with Gasteiger partial charge in [-0.2, -0.15) is 0 Å². The van der Waals surface area contributed by atoms with Gasteiger partial charge in [0.25, 0.3) is 0 Å². The minimum absolute atomic E-state index is 0.108. The van der Waals surface area contributed by atoms with Crippen LogP contribution >= 0.6 is 11.6 Å². The highest BCUT2D eigenvalue weighted by Crippen LogP contribution is 2.36. The maximum Gasteiger partial charge on any atom is 0.331 e. The van der Waals surface area contributed by atoms with E-state index in [4.69, 9.17) is 30.3 Å². The molecule has 0 N–H and O–H groups in total. The fraction of sp³-hybridized carbons (Fsp3) is 0.294. The molecule has 0 atom stereocenters. The maximum atomic E-state index is 11.8. The molecule has 24 heavy (non-hydrogen) atoms. The number of hydrogen-bond acceptors (Lipinski definition) is 6. The van der Waals surface area contributed by atoms with Gasteiger partial charge >= 0.3 is 5.97 Å². The molecule has 0 fully saturated rings. The molecule has 1 aromatic carbocycles. The molecule has 1 aromatic heterocycles. The van der Waals surface area contributed by atoms with Crippen LogP contribution < -0.4 is 9.47 Å². The lowest BCUT2D eigenvalue weighted by atomic mass is 10.2. The van der Waals surface area contributed by atoms with Gasteiger partial charge in [0.15, 0.2) is 11.5 Å². The van der Waals surface area contributed by atoms with Crippen LogP contribution in [0.2, 0.25) is 5.02 Å². The van der Waals surface area contributed by atoms with Gasteiger partial charge in [-0.15, -0.1) is 0 Å². The van der Waals surface area contributed by atoms with Gasteiger partial charge < -0.3 is 18.7 Å². The fourth-order valence-electron chi connectivity index (χ4n) is 2.10. The number of hydrogen-bond donors (Lipinski definition) is 0. The fourth-order valence-corrected chi connectivity index (χ4v) is 2.39. The zero-order chi connectivity index (χ0) is 17.7.